The fourth-order valence-electron chi connectivity index (χ4n) is 3.21. The van der Waals surface area contributed by atoms with Gasteiger partial charge in [0.1, 0.15) is 5.69 Å². The zero-order valence-electron chi connectivity index (χ0n) is 17.0. The number of piperazine rings is 1. The van der Waals surface area contributed by atoms with Crippen molar-refractivity contribution in [3.05, 3.63) is 47.8 Å². The van der Waals surface area contributed by atoms with Crippen molar-refractivity contribution in [1.29, 1.82) is 0 Å². The molecule has 0 saturated carbocycles. The summed E-state index contributed by atoms with van der Waals surface area (Å²) in [7, 11) is 3.21. The van der Waals surface area contributed by atoms with Gasteiger partial charge in [0.25, 0.3) is 5.91 Å². The first-order chi connectivity index (χ1) is 14.0. The second-order valence-corrected chi connectivity index (χ2v) is 6.77. The number of aromatic nitrogens is 1. The van der Waals surface area contributed by atoms with Gasteiger partial charge in [-0.15, -0.1) is 0 Å². The summed E-state index contributed by atoms with van der Waals surface area (Å²) < 4.78 is 10.6. The summed E-state index contributed by atoms with van der Waals surface area (Å²) in [6, 6.07) is 9.29. The highest BCUT2D eigenvalue weighted by Gasteiger charge is 2.23. The van der Waals surface area contributed by atoms with Crippen LogP contribution in [-0.2, 0) is 11.3 Å². The van der Waals surface area contributed by atoms with Gasteiger partial charge in [-0.3, -0.25) is 9.59 Å². The Morgan fingerprint density at radius 1 is 1.00 bits per heavy atom. The van der Waals surface area contributed by atoms with Crippen LogP contribution in [0.4, 0.5) is 5.69 Å². The van der Waals surface area contributed by atoms with E-state index in [4.69, 9.17) is 9.47 Å². The van der Waals surface area contributed by atoms with Gasteiger partial charge < -0.3 is 24.6 Å². The van der Waals surface area contributed by atoms with Gasteiger partial charge in [0.2, 0.25) is 5.91 Å². The Morgan fingerprint density at radius 2 is 1.69 bits per heavy atom. The van der Waals surface area contributed by atoms with Crippen molar-refractivity contribution in [3.63, 3.8) is 0 Å². The van der Waals surface area contributed by atoms with Crippen LogP contribution in [-0.4, -0.2) is 67.0 Å². The van der Waals surface area contributed by atoms with Gasteiger partial charge in [0.05, 0.1) is 26.1 Å². The van der Waals surface area contributed by atoms with Gasteiger partial charge in [0, 0.05) is 39.6 Å². The lowest BCUT2D eigenvalue weighted by atomic mass is 10.2. The number of hydrogen-bond acceptors (Lipinski definition) is 6. The molecule has 1 aliphatic heterocycles. The molecule has 8 nitrogen and oxygen atoms in total. The topological polar surface area (TPSA) is 84.0 Å². The molecule has 1 aliphatic rings. The van der Waals surface area contributed by atoms with Crippen LogP contribution in [0.2, 0.25) is 0 Å². The third kappa shape index (κ3) is 4.96. The monoisotopic (exact) mass is 398 g/mol. The summed E-state index contributed by atoms with van der Waals surface area (Å²) in [5.74, 6) is 1.29. The maximum Gasteiger partial charge on any atom is 0.272 e. The van der Waals surface area contributed by atoms with Crippen LogP contribution >= 0.6 is 0 Å². The summed E-state index contributed by atoms with van der Waals surface area (Å²) in [6.45, 7) is 4.31. The standard InChI is InChI=1S/C21H26N4O4/c1-15(26)24-8-10-25(11-9-24)21(27)18-6-5-17(14-23-18)22-13-16-4-7-19(28-2)20(12-16)29-3/h4-7,12,14,22H,8-11,13H2,1-3H3. The van der Waals surface area contributed by atoms with Crippen molar-refractivity contribution < 1.29 is 19.1 Å². The molecule has 0 bridgehead atoms. The quantitative estimate of drug-likeness (QED) is 0.802. The number of hydrogen-bond donors (Lipinski definition) is 1. The molecule has 1 fully saturated rings. The Morgan fingerprint density at radius 3 is 2.28 bits per heavy atom. The van der Waals surface area contributed by atoms with Crippen molar-refractivity contribution >= 4 is 17.5 Å². The molecular formula is C21H26N4O4. The highest BCUT2D eigenvalue weighted by atomic mass is 16.5. The Kier molecular flexibility index (Phi) is 6.54. The molecule has 0 unspecified atom stereocenters. The van der Waals surface area contributed by atoms with E-state index in [0.29, 0.717) is 49.9 Å². The highest BCUT2D eigenvalue weighted by molar-refractivity contribution is 5.92. The van der Waals surface area contributed by atoms with E-state index >= 15 is 0 Å². The molecule has 8 heteroatoms. The first kappa shape index (κ1) is 20.4. The largest absolute Gasteiger partial charge is 0.493 e. The molecule has 3 rings (SSSR count). The lowest BCUT2D eigenvalue weighted by Gasteiger charge is -2.34. The molecule has 1 aromatic heterocycles. The molecule has 0 radical (unpaired) electrons. The van der Waals surface area contributed by atoms with Crippen LogP contribution in [0, 0.1) is 0 Å². The summed E-state index contributed by atoms with van der Waals surface area (Å²) in [5.41, 5.74) is 2.25. The summed E-state index contributed by atoms with van der Waals surface area (Å²) in [5, 5.41) is 3.29. The van der Waals surface area contributed by atoms with Gasteiger partial charge in [-0.1, -0.05) is 6.07 Å². The van der Waals surface area contributed by atoms with Crippen molar-refractivity contribution in [2.24, 2.45) is 0 Å². The van der Waals surface area contributed by atoms with Crippen LogP contribution in [0.25, 0.3) is 0 Å². The number of pyridine rings is 1. The van der Waals surface area contributed by atoms with E-state index in [1.807, 2.05) is 24.3 Å². The van der Waals surface area contributed by atoms with Crippen LogP contribution in [0.5, 0.6) is 11.5 Å². The normalized spacial score (nSPS) is 13.8. The Bertz CT molecular complexity index is 861. The number of rotatable bonds is 6. The SMILES string of the molecule is COc1ccc(CNc2ccc(C(=O)N3CCN(C(C)=O)CC3)nc2)cc1OC. The van der Waals surface area contributed by atoms with Gasteiger partial charge >= 0.3 is 0 Å². The number of carbonyl (C=O) groups excluding carboxylic acids is 2. The smallest absolute Gasteiger partial charge is 0.272 e. The fraction of sp³-hybridized carbons (Fsp3) is 0.381. The molecule has 0 atom stereocenters. The summed E-state index contributed by atoms with van der Waals surface area (Å²) >= 11 is 0. The second kappa shape index (κ2) is 9.27. The third-order valence-electron chi connectivity index (χ3n) is 4.94. The maximum atomic E-state index is 12.6. The van der Waals surface area contributed by atoms with E-state index in [2.05, 4.69) is 10.3 Å². The minimum absolute atomic E-state index is 0.0418. The Balaban J connectivity index is 1.56. The van der Waals surface area contributed by atoms with Crippen molar-refractivity contribution in [2.45, 2.75) is 13.5 Å². The molecule has 1 N–H and O–H groups in total. The van der Waals surface area contributed by atoms with Gasteiger partial charge in [-0.25, -0.2) is 4.98 Å². The molecule has 154 valence electrons. The number of amides is 2. The number of nitrogens with one attached hydrogen (secondary N) is 1. The van der Waals surface area contributed by atoms with E-state index in [1.54, 1.807) is 43.2 Å². The molecule has 2 aromatic rings. The molecule has 2 heterocycles. The zero-order valence-corrected chi connectivity index (χ0v) is 17.0. The summed E-state index contributed by atoms with van der Waals surface area (Å²) in [6.07, 6.45) is 1.65. The number of anilines is 1. The average molecular weight is 398 g/mol. The third-order valence-corrected chi connectivity index (χ3v) is 4.94. The molecular weight excluding hydrogens is 372 g/mol. The number of carbonyl (C=O) groups is 2. The van der Waals surface area contributed by atoms with Crippen LogP contribution in [0.1, 0.15) is 23.0 Å². The van der Waals surface area contributed by atoms with Gasteiger partial charge in [0.15, 0.2) is 11.5 Å². The van der Waals surface area contributed by atoms with Crippen molar-refractivity contribution in [2.75, 3.05) is 45.7 Å². The molecule has 1 aromatic carbocycles. The second-order valence-electron chi connectivity index (χ2n) is 6.77. The lowest BCUT2D eigenvalue weighted by molar-refractivity contribution is -0.130. The molecule has 0 spiro atoms. The predicted octanol–water partition coefficient (Wildman–Crippen LogP) is 2.02. The number of nitrogens with zero attached hydrogens (tertiary/aromatic N) is 3. The van der Waals surface area contributed by atoms with E-state index in [0.717, 1.165) is 11.3 Å². The Labute approximate surface area is 170 Å². The fourth-order valence-corrected chi connectivity index (χ4v) is 3.21. The minimum atomic E-state index is -0.111. The van der Waals surface area contributed by atoms with E-state index in [1.165, 1.54) is 0 Å². The van der Waals surface area contributed by atoms with E-state index in [9.17, 15) is 9.59 Å². The van der Waals surface area contributed by atoms with Crippen LogP contribution in [0.15, 0.2) is 36.5 Å². The molecule has 1 saturated heterocycles. The van der Waals surface area contributed by atoms with E-state index in [-0.39, 0.29) is 11.8 Å². The van der Waals surface area contributed by atoms with Crippen molar-refractivity contribution in [3.8, 4) is 11.5 Å². The van der Waals surface area contributed by atoms with Gasteiger partial charge in [-0.05, 0) is 29.8 Å². The molecule has 29 heavy (non-hydrogen) atoms. The molecule has 2 amide bonds. The summed E-state index contributed by atoms with van der Waals surface area (Å²) in [4.78, 5) is 31.8. The highest BCUT2D eigenvalue weighted by Crippen LogP contribution is 2.27. The minimum Gasteiger partial charge on any atom is -0.493 e. The van der Waals surface area contributed by atoms with Crippen LogP contribution in [0.3, 0.4) is 0 Å². The molecule has 0 aliphatic carbocycles. The first-order valence-corrected chi connectivity index (χ1v) is 9.47. The van der Waals surface area contributed by atoms with Gasteiger partial charge in [-0.2, -0.15) is 0 Å². The number of benzene rings is 1. The average Bonchev–Trinajstić information content (AvgIpc) is 2.77. The predicted molar refractivity (Wildman–Crippen MR) is 109 cm³/mol. The lowest BCUT2D eigenvalue weighted by Crippen LogP contribution is -2.50. The van der Waals surface area contributed by atoms with E-state index < -0.39 is 0 Å². The van der Waals surface area contributed by atoms with Crippen LogP contribution < -0.4 is 14.8 Å². The number of methoxy groups -OCH3 is 2. The maximum absolute atomic E-state index is 12.6. The zero-order chi connectivity index (χ0) is 20.8. The Hall–Kier alpha value is -3.29. The number of ether oxygens (including phenoxy) is 2. The van der Waals surface area contributed by atoms with Crippen molar-refractivity contribution in [1.82, 2.24) is 14.8 Å². The first-order valence-electron chi connectivity index (χ1n) is 9.47.